The van der Waals surface area contributed by atoms with Gasteiger partial charge in [0.2, 0.25) is 0 Å². The second-order valence-corrected chi connectivity index (χ2v) is 21.4. The Hall–Kier alpha value is -3.11. The Balaban J connectivity index is 0.00000192. The second kappa shape index (κ2) is 14.3. The molecule has 0 aliphatic heterocycles. The monoisotopic (exact) mass is 664 g/mol. The summed E-state index contributed by atoms with van der Waals surface area (Å²) in [6, 6.07) is 53.7. The van der Waals surface area contributed by atoms with Crippen molar-refractivity contribution in [1.29, 1.82) is 0 Å². The maximum atomic E-state index is 7.31. The van der Waals surface area contributed by atoms with Crippen LogP contribution in [0, 0.1) is 0 Å². The molecule has 0 amide bonds. The predicted octanol–water partition coefficient (Wildman–Crippen LogP) is 4.90. The third-order valence-corrected chi connectivity index (χ3v) is 21.7. The molecule has 0 heterocycles. The Morgan fingerprint density at radius 1 is 0.523 bits per heavy atom. The van der Waals surface area contributed by atoms with E-state index >= 15 is 0 Å². The molecule has 0 radical (unpaired) electrons. The van der Waals surface area contributed by atoms with Gasteiger partial charge in [-0.3, -0.25) is 0 Å². The van der Waals surface area contributed by atoms with E-state index in [0.29, 0.717) is 4.22 Å². The average Bonchev–Trinajstić information content (AvgIpc) is 3.38. The molecule has 0 unspecified atom stereocenters. The maximum absolute atomic E-state index is 7.31. The fourth-order valence-electron chi connectivity index (χ4n) is 6.44. The molecule has 218 valence electrons. The van der Waals surface area contributed by atoms with Crippen molar-refractivity contribution in [2.75, 3.05) is 0 Å². The van der Waals surface area contributed by atoms with Gasteiger partial charge in [0.15, 0.2) is 0 Å². The first kappa shape index (κ1) is 32.3. The van der Waals surface area contributed by atoms with Gasteiger partial charge < -0.3 is 24.8 Å². The Morgan fingerprint density at radius 2 is 1.02 bits per heavy atom. The van der Waals surface area contributed by atoms with Crippen LogP contribution in [0.15, 0.2) is 140 Å². The van der Waals surface area contributed by atoms with Crippen LogP contribution in [0.4, 0.5) is 0 Å². The van der Waals surface area contributed by atoms with Crippen LogP contribution in [-0.2, 0) is 17.0 Å². The molecule has 0 bridgehead atoms. The summed E-state index contributed by atoms with van der Waals surface area (Å²) in [5.41, 5.74) is 10.8. The molecule has 0 atom stereocenters. The van der Waals surface area contributed by atoms with Crippen molar-refractivity contribution in [3.05, 3.63) is 151 Å². The predicted molar refractivity (Wildman–Crippen MR) is 176 cm³/mol. The van der Waals surface area contributed by atoms with E-state index in [2.05, 4.69) is 153 Å². The third-order valence-electron chi connectivity index (χ3n) is 8.65. The van der Waals surface area contributed by atoms with Crippen LogP contribution in [0.3, 0.4) is 0 Å². The van der Waals surface area contributed by atoms with E-state index in [1.54, 1.807) is 0 Å². The Labute approximate surface area is 280 Å². The molecule has 0 aromatic heterocycles. The standard InChI is InChI=1S/C25H17.C10H8O.C4H10Si.2ClH.Ti/c1-3-7-18(8-4-1)20-11-13-22-15-23-14-12-21(17-25(23)24(22)16-20)19-9-5-2-6-10-19;11-10-6-5-8-3-1-2-4-9(8)7-10;1-3-5-4-2;;;/h1-17H;1-7,11H;3-4H2,1-2H3;2*1H;/q;;;;;+3/p-3. The molecule has 0 fully saturated rings. The van der Waals surface area contributed by atoms with Crippen molar-refractivity contribution >= 4 is 17.0 Å². The van der Waals surface area contributed by atoms with E-state index in [-0.39, 0.29) is 24.8 Å². The Kier molecular flexibility index (Phi) is 10.5. The van der Waals surface area contributed by atoms with Crippen molar-refractivity contribution in [1.82, 2.24) is 0 Å². The summed E-state index contributed by atoms with van der Waals surface area (Å²) in [7, 11) is 0. The molecule has 6 aromatic rings. The normalized spacial score (nSPS) is 11.4. The summed E-state index contributed by atoms with van der Waals surface area (Å²) >= 11 is -2.14. The molecule has 5 heteroatoms. The molecule has 0 saturated heterocycles. The first-order chi connectivity index (χ1) is 20.7. The van der Waals surface area contributed by atoms with E-state index in [4.69, 9.17) is 3.32 Å². The van der Waals surface area contributed by atoms with Gasteiger partial charge in [-0.1, -0.05) is 0 Å². The summed E-state index contributed by atoms with van der Waals surface area (Å²) in [5, 5.41) is 2.52. The van der Waals surface area contributed by atoms with E-state index in [9.17, 15) is 0 Å². The zero-order chi connectivity index (χ0) is 28.5. The molecule has 0 spiro atoms. The number of halogens is 2. The fraction of sp³-hybridized carbons (Fsp3) is 0.128. The fourth-order valence-corrected chi connectivity index (χ4v) is 18.3. The van der Waals surface area contributed by atoms with Crippen LogP contribution >= 0.6 is 0 Å². The molecular weight excluding hydrogens is 631 g/mol. The summed E-state index contributed by atoms with van der Waals surface area (Å²) in [4.78, 5) is 0. The zero-order valence-corrected chi connectivity index (χ0v) is 29.0. The maximum Gasteiger partial charge on any atom is -1.00 e. The molecular formula is C39H34Cl2OSiTi. The molecule has 6 aromatic carbocycles. The number of hydrogen-bond donors (Lipinski definition) is 0. The van der Waals surface area contributed by atoms with Gasteiger partial charge in [0.25, 0.3) is 0 Å². The van der Waals surface area contributed by atoms with Crippen LogP contribution in [0.5, 0.6) is 5.75 Å². The Morgan fingerprint density at radius 3 is 1.55 bits per heavy atom. The summed E-state index contributed by atoms with van der Waals surface area (Å²) in [6.07, 6.45) is -0.657. The van der Waals surface area contributed by atoms with Crippen molar-refractivity contribution in [3.63, 3.8) is 0 Å². The van der Waals surface area contributed by atoms with Crippen LogP contribution in [0.1, 0.15) is 29.2 Å². The van der Waals surface area contributed by atoms with Crippen LogP contribution in [0.25, 0.3) is 44.2 Å². The largest absolute Gasteiger partial charge is 1.00 e. The number of hydrogen-bond acceptors (Lipinski definition) is 1. The summed E-state index contributed by atoms with van der Waals surface area (Å²) in [5.74, 6) is 1.05. The summed E-state index contributed by atoms with van der Waals surface area (Å²) in [6.45, 7) is 4.78. The van der Waals surface area contributed by atoms with Gasteiger partial charge in [0.1, 0.15) is 0 Å². The topological polar surface area (TPSA) is 9.23 Å². The minimum absolute atomic E-state index is 0. The van der Waals surface area contributed by atoms with Gasteiger partial charge in [-0.2, -0.15) is 0 Å². The first-order valence-electron chi connectivity index (χ1n) is 15.0. The van der Waals surface area contributed by atoms with Crippen molar-refractivity contribution in [2.45, 2.75) is 30.2 Å². The van der Waals surface area contributed by atoms with E-state index in [1.165, 1.54) is 67.4 Å². The second-order valence-electron chi connectivity index (χ2n) is 11.1. The molecule has 1 nitrogen and oxygen atoms in total. The third kappa shape index (κ3) is 6.20. The van der Waals surface area contributed by atoms with Crippen molar-refractivity contribution < 1.29 is 45.1 Å². The zero-order valence-electron chi connectivity index (χ0n) is 24.9. The molecule has 44 heavy (non-hydrogen) atoms. The smallest absolute Gasteiger partial charge is 1.00 e. The Bertz CT molecular complexity index is 1840. The number of benzene rings is 6. The van der Waals surface area contributed by atoms with Crippen LogP contribution in [-0.4, -0.2) is 6.19 Å². The van der Waals surface area contributed by atoms with Crippen LogP contribution < -0.4 is 28.1 Å². The van der Waals surface area contributed by atoms with E-state index in [1.807, 2.05) is 0 Å². The van der Waals surface area contributed by atoms with E-state index < -0.39 is 23.2 Å². The number of fused-ring (bicyclic) bond motifs is 4. The van der Waals surface area contributed by atoms with Gasteiger partial charge in [0, 0.05) is 0 Å². The number of rotatable bonds is 7. The van der Waals surface area contributed by atoms with Gasteiger partial charge in [-0.25, -0.2) is 0 Å². The van der Waals surface area contributed by atoms with Gasteiger partial charge in [-0.05, 0) is 0 Å². The van der Waals surface area contributed by atoms with Crippen LogP contribution in [0.2, 0.25) is 12.1 Å². The minimum atomic E-state index is -2.14. The molecule has 7 rings (SSSR count). The molecule has 1 aliphatic rings. The minimum Gasteiger partial charge on any atom is -1.00 e. The van der Waals surface area contributed by atoms with Crippen molar-refractivity contribution in [3.8, 4) is 39.1 Å². The van der Waals surface area contributed by atoms with Gasteiger partial charge >= 0.3 is 257 Å². The average molecular weight is 666 g/mol. The summed E-state index contributed by atoms with van der Waals surface area (Å²) < 4.78 is 7.67. The van der Waals surface area contributed by atoms with Gasteiger partial charge in [0.05, 0.1) is 0 Å². The molecule has 0 N–H and O–H groups in total. The first-order valence-corrected chi connectivity index (χ1v) is 20.8. The van der Waals surface area contributed by atoms with Crippen molar-refractivity contribution in [2.24, 2.45) is 0 Å². The molecule has 0 saturated carbocycles. The molecule has 1 aliphatic carbocycles. The SMILES string of the molecule is CC[Si](CC)=[Ti+2]([O]c1ccc2ccccc2c1)[CH]1c2ccc(-c3ccccc3)cc2-c2cc(-c3ccccc3)ccc21.[Cl-].[Cl-]. The van der Waals surface area contributed by atoms with E-state index in [0.717, 1.165) is 5.75 Å². The quantitative estimate of drug-likeness (QED) is 0.221. The van der Waals surface area contributed by atoms with Gasteiger partial charge in [-0.15, -0.1) is 0 Å².